The SMILES string of the molecule is COCCNC(=O)C(C)Sc1cccc(CNC(C)C)c1. The van der Waals surface area contributed by atoms with E-state index in [1.165, 1.54) is 5.56 Å². The molecule has 1 amide bonds. The van der Waals surface area contributed by atoms with Crippen LogP contribution in [0, 0.1) is 0 Å². The molecule has 118 valence electrons. The average molecular weight is 310 g/mol. The Morgan fingerprint density at radius 3 is 2.76 bits per heavy atom. The number of benzene rings is 1. The van der Waals surface area contributed by atoms with Gasteiger partial charge in [-0.05, 0) is 24.6 Å². The lowest BCUT2D eigenvalue weighted by atomic mass is 10.2. The van der Waals surface area contributed by atoms with E-state index < -0.39 is 0 Å². The standard InChI is InChI=1S/C16H26N2O2S/c1-12(2)18-11-14-6-5-7-15(10-14)21-13(3)16(19)17-8-9-20-4/h5-7,10,12-13,18H,8-9,11H2,1-4H3,(H,17,19). The van der Waals surface area contributed by atoms with Crippen molar-refractivity contribution in [1.29, 1.82) is 0 Å². The Hall–Kier alpha value is -1.04. The monoisotopic (exact) mass is 310 g/mol. The van der Waals surface area contributed by atoms with E-state index in [0.29, 0.717) is 19.2 Å². The lowest BCUT2D eigenvalue weighted by Crippen LogP contribution is -2.33. The minimum atomic E-state index is -0.116. The summed E-state index contributed by atoms with van der Waals surface area (Å²) in [5.41, 5.74) is 1.24. The predicted octanol–water partition coefficient (Wildman–Crippen LogP) is 2.43. The van der Waals surface area contributed by atoms with Crippen molar-refractivity contribution >= 4 is 17.7 Å². The third-order valence-corrected chi connectivity index (χ3v) is 3.99. The van der Waals surface area contributed by atoms with Gasteiger partial charge < -0.3 is 15.4 Å². The highest BCUT2D eigenvalue weighted by molar-refractivity contribution is 8.00. The lowest BCUT2D eigenvalue weighted by molar-refractivity contribution is -0.120. The minimum Gasteiger partial charge on any atom is -0.383 e. The Morgan fingerprint density at radius 1 is 1.33 bits per heavy atom. The Bertz CT molecular complexity index is 438. The number of nitrogens with one attached hydrogen (secondary N) is 2. The quantitative estimate of drug-likeness (QED) is 0.543. The highest BCUT2D eigenvalue weighted by Gasteiger charge is 2.13. The van der Waals surface area contributed by atoms with E-state index >= 15 is 0 Å². The first-order valence-corrected chi connectivity index (χ1v) is 8.16. The molecule has 1 aromatic rings. The number of hydrogen-bond acceptors (Lipinski definition) is 4. The van der Waals surface area contributed by atoms with Gasteiger partial charge in [-0.15, -0.1) is 11.8 Å². The summed E-state index contributed by atoms with van der Waals surface area (Å²) in [6.45, 7) is 8.13. The van der Waals surface area contributed by atoms with Gasteiger partial charge >= 0.3 is 0 Å². The molecular weight excluding hydrogens is 284 g/mol. The van der Waals surface area contributed by atoms with Gasteiger partial charge in [0.1, 0.15) is 0 Å². The maximum Gasteiger partial charge on any atom is 0.233 e. The summed E-state index contributed by atoms with van der Waals surface area (Å²) in [5, 5.41) is 6.14. The molecule has 0 aliphatic rings. The van der Waals surface area contributed by atoms with E-state index in [1.807, 2.05) is 19.1 Å². The molecular formula is C16H26N2O2S. The lowest BCUT2D eigenvalue weighted by Gasteiger charge is -2.13. The van der Waals surface area contributed by atoms with Crippen LogP contribution in [0.1, 0.15) is 26.3 Å². The maximum absolute atomic E-state index is 11.9. The predicted molar refractivity (Wildman–Crippen MR) is 88.6 cm³/mol. The van der Waals surface area contributed by atoms with Gasteiger partial charge in [-0.2, -0.15) is 0 Å². The van der Waals surface area contributed by atoms with Crippen molar-refractivity contribution in [2.75, 3.05) is 20.3 Å². The highest BCUT2D eigenvalue weighted by Crippen LogP contribution is 2.24. The van der Waals surface area contributed by atoms with Crippen LogP contribution in [0.5, 0.6) is 0 Å². The van der Waals surface area contributed by atoms with Crippen LogP contribution in [0.25, 0.3) is 0 Å². The first-order chi connectivity index (χ1) is 10.0. The van der Waals surface area contributed by atoms with Crippen molar-refractivity contribution < 1.29 is 9.53 Å². The second-order valence-corrected chi connectivity index (χ2v) is 6.64. The van der Waals surface area contributed by atoms with Crippen molar-refractivity contribution in [1.82, 2.24) is 10.6 Å². The Balaban J connectivity index is 2.49. The number of rotatable bonds is 9. The Labute approximate surface area is 132 Å². The number of carbonyl (C=O) groups excluding carboxylic acids is 1. The van der Waals surface area contributed by atoms with Crippen molar-refractivity contribution in [2.24, 2.45) is 0 Å². The summed E-state index contributed by atoms with van der Waals surface area (Å²) in [4.78, 5) is 13.0. The number of ether oxygens (including phenoxy) is 1. The van der Waals surface area contributed by atoms with Gasteiger partial charge in [0.15, 0.2) is 0 Å². The van der Waals surface area contributed by atoms with Crippen LogP contribution in [-0.2, 0) is 16.1 Å². The van der Waals surface area contributed by atoms with E-state index in [1.54, 1.807) is 18.9 Å². The van der Waals surface area contributed by atoms with Gasteiger partial charge in [0.05, 0.1) is 11.9 Å². The molecule has 0 aliphatic heterocycles. The van der Waals surface area contributed by atoms with Crippen molar-refractivity contribution in [3.05, 3.63) is 29.8 Å². The third-order valence-electron chi connectivity index (χ3n) is 2.90. The fraction of sp³-hybridized carbons (Fsp3) is 0.562. The smallest absolute Gasteiger partial charge is 0.233 e. The average Bonchev–Trinajstić information content (AvgIpc) is 2.45. The molecule has 4 nitrogen and oxygen atoms in total. The van der Waals surface area contributed by atoms with Gasteiger partial charge in [0.25, 0.3) is 0 Å². The van der Waals surface area contributed by atoms with Crippen LogP contribution in [-0.4, -0.2) is 37.5 Å². The summed E-state index contributed by atoms with van der Waals surface area (Å²) >= 11 is 1.58. The molecule has 2 N–H and O–H groups in total. The van der Waals surface area contributed by atoms with E-state index in [2.05, 4.69) is 36.6 Å². The van der Waals surface area contributed by atoms with Crippen molar-refractivity contribution in [2.45, 2.75) is 43.5 Å². The highest BCUT2D eigenvalue weighted by atomic mass is 32.2. The maximum atomic E-state index is 11.9. The van der Waals surface area contributed by atoms with Gasteiger partial charge in [-0.25, -0.2) is 0 Å². The van der Waals surface area contributed by atoms with Crippen molar-refractivity contribution in [3.8, 4) is 0 Å². The van der Waals surface area contributed by atoms with Gasteiger partial charge in [0.2, 0.25) is 5.91 Å². The van der Waals surface area contributed by atoms with Gasteiger partial charge in [0, 0.05) is 31.1 Å². The second kappa shape index (κ2) is 9.82. The third kappa shape index (κ3) is 7.50. The molecule has 0 bridgehead atoms. The van der Waals surface area contributed by atoms with Crippen LogP contribution in [0.4, 0.5) is 0 Å². The molecule has 0 saturated carbocycles. The molecule has 0 spiro atoms. The number of carbonyl (C=O) groups is 1. The number of amides is 1. The topological polar surface area (TPSA) is 50.4 Å². The molecule has 21 heavy (non-hydrogen) atoms. The summed E-state index contributed by atoms with van der Waals surface area (Å²) < 4.78 is 4.92. The molecule has 0 radical (unpaired) electrons. The van der Waals surface area contributed by atoms with Crippen molar-refractivity contribution in [3.63, 3.8) is 0 Å². The first-order valence-electron chi connectivity index (χ1n) is 7.28. The van der Waals surface area contributed by atoms with E-state index in [9.17, 15) is 4.79 Å². The molecule has 0 aliphatic carbocycles. The van der Waals surface area contributed by atoms with E-state index in [-0.39, 0.29) is 11.2 Å². The fourth-order valence-corrected chi connectivity index (χ4v) is 2.70. The van der Waals surface area contributed by atoms with Crippen LogP contribution < -0.4 is 10.6 Å². The fourth-order valence-electron chi connectivity index (χ4n) is 1.73. The zero-order valence-corrected chi connectivity index (χ0v) is 14.1. The summed E-state index contributed by atoms with van der Waals surface area (Å²) in [7, 11) is 1.63. The van der Waals surface area contributed by atoms with Crippen LogP contribution in [0.2, 0.25) is 0 Å². The molecule has 5 heteroatoms. The normalized spacial score (nSPS) is 12.4. The van der Waals surface area contributed by atoms with E-state index in [4.69, 9.17) is 4.74 Å². The number of methoxy groups -OCH3 is 1. The Morgan fingerprint density at radius 2 is 2.10 bits per heavy atom. The summed E-state index contributed by atoms with van der Waals surface area (Å²) in [6, 6.07) is 8.78. The second-order valence-electron chi connectivity index (χ2n) is 5.23. The van der Waals surface area contributed by atoms with Crippen LogP contribution >= 0.6 is 11.8 Å². The number of hydrogen-bond donors (Lipinski definition) is 2. The molecule has 1 atom stereocenters. The van der Waals surface area contributed by atoms with Crippen LogP contribution in [0.3, 0.4) is 0 Å². The van der Waals surface area contributed by atoms with Gasteiger partial charge in [-0.1, -0.05) is 26.0 Å². The molecule has 0 fully saturated rings. The molecule has 0 heterocycles. The molecule has 1 rings (SSSR count). The molecule has 1 aromatic carbocycles. The largest absolute Gasteiger partial charge is 0.383 e. The Kier molecular flexibility index (Phi) is 8.42. The minimum absolute atomic E-state index is 0.0442. The first kappa shape index (κ1) is 18.0. The zero-order valence-electron chi connectivity index (χ0n) is 13.3. The molecule has 1 unspecified atom stereocenters. The molecule has 0 saturated heterocycles. The van der Waals surface area contributed by atoms with Gasteiger partial charge in [-0.3, -0.25) is 4.79 Å². The number of thioether (sulfide) groups is 1. The van der Waals surface area contributed by atoms with E-state index in [0.717, 1.165) is 11.4 Å². The molecule has 0 aromatic heterocycles. The summed E-state index contributed by atoms with van der Waals surface area (Å²) in [6.07, 6.45) is 0. The van der Waals surface area contributed by atoms with Crippen LogP contribution in [0.15, 0.2) is 29.2 Å². The zero-order chi connectivity index (χ0) is 15.7. The summed E-state index contributed by atoms with van der Waals surface area (Å²) in [5.74, 6) is 0.0442.